The zero-order chi connectivity index (χ0) is 22.8. The first-order valence-electron chi connectivity index (χ1n) is 11.9. The van der Waals surface area contributed by atoms with Gasteiger partial charge in [-0.2, -0.15) is 19.6 Å². The highest BCUT2D eigenvalue weighted by Crippen LogP contribution is 2.42. The van der Waals surface area contributed by atoms with Crippen LogP contribution in [0, 0.1) is 17.6 Å². The van der Waals surface area contributed by atoms with Crippen LogP contribution < -0.4 is 15.5 Å². The van der Waals surface area contributed by atoms with Gasteiger partial charge in [-0.25, -0.2) is 13.8 Å². The lowest BCUT2D eigenvalue weighted by Crippen LogP contribution is -2.40. The summed E-state index contributed by atoms with van der Waals surface area (Å²) in [7, 11) is 0. The van der Waals surface area contributed by atoms with Crippen LogP contribution in [0.3, 0.4) is 0 Å². The van der Waals surface area contributed by atoms with Crippen molar-refractivity contribution in [1.29, 1.82) is 0 Å². The van der Waals surface area contributed by atoms with E-state index in [4.69, 9.17) is 9.97 Å². The molecule has 3 fully saturated rings. The molecule has 7 rings (SSSR count). The van der Waals surface area contributed by atoms with Gasteiger partial charge in [-0.05, 0) is 56.2 Å². The molecule has 1 saturated carbocycles. The number of fused-ring (bicyclic) bond motifs is 3. The maximum atomic E-state index is 14.1. The zero-order valence-corrected chi connectivity index (χ0v) is 18.6. The Balaban J connectivity index is 1.22. The van der Waals surface area contributed by atoms with Crippen molar-refractivity contribution >= 4 is 28.6 Å². The first kappa shape index (κ1) is 20.1. The van der Waals surface area contributed by atoms with Gasteiger partial charge in [-0.3, -0.25) is 0 Å². The van der Waals surface area contributed by atoms with Gasteiger partial charge in [0.15, 0.2) is 17.3 Å². The summed E-state index contributed by atoms with van der Waals surface area (Å²) in [4.78, 5) is 19.3. The molecule has 2 saturated heterocycles. The lowest BCUT2D eigenvalue weighted by molar-refractivity contribution is 0.340. The molecular formula is C23H25F2N9. The molecule has 0 amide bonds. The van der Waals surface area contributed by atoms with Gasteiger partial charge < -0.3 is 20.5 Å². The quantitative estimate of drug-likeness (QED) is 0.417. The van der Waals surface area contributed by atoms with E-state index in [1.165, 1.54) is 18.9 Å². The third-order valence-electron chi connectivity index (χ3n) is 7.29. The van der Waals surface area contributed by atoms with Gasteiger partial charge in [0.25, 0.3) is 0 Å². The highest BCUT2D eigenvalue weighted by atomic mass is 19.2. The van der Waals surface area contributed by atoms with Crippen molar-refractivity contribution < 1.29 is 8.78 Å². The van der Waals surface area contributed by atoms with Crippen molar-refractivity contribution in [3.8, 4) is 0 Å². The number of aromatic amines is 1. The summed E-state index contributed by atoms with van der Waals surface area (Å²) in [5, 5.41) is 11.5. The fourth-order valence-electron chi connectivity index (χ4n) is 5.35. The van der Waals surface area contributed by atoms with Crippen LogP contribution in [-0.2, 0) is 6.54 Å². The third-order valence-corrected chi connectivity index (χ3v) is 7.29. The Morgan fingerprint density at radius 3 is 2.85 bits per heavy atom. The van der Waals surface area contributed by atoms with Gasteiger partial charge in [0, 0.05) is 24.7 Å². The largest absolute Gasteiger partial charge is 0.347 e. The fraction of sp³-hybridized carbons (Fsp3) is 0.478. The Hall–Kier alpha value is -3.34. The van der Waals surface area contributed by atoms with Crippen LogP contribution in [0.2, 0.25) is 0 Å². The van der Waals surface area contributed by atoms with E-state index in [0.717, 1.165) is 49.8 Å². The second-order valence-corrected chi connectivity index (χ2v) is 9.62. The molecule has 0 radical (unpaired) electrons. The summed E-state index contributed by atoms with van der Waals surface area (Å²) in [5.41, 5.74) is 2.43. The monoisotopic (exact) mass is 465 g/mol. The smallest absolute Gasteiger partial charge is 0.230 e. The molecule has 11 heteroatoms. The summed E-state index contributed by atoms with van der Waals surface area (Å²) in [6.07, 6.45) is 6.63. The number of anilines is 2. The molecule has 1 aromatic carbocycles. The standard InChI is InChI=1S/C23H25F2N9/c24-15-5-6-16-20(19(15)25)30-18(29-16)9-27-22-32-23(33-10-13-2-1-7-26-17(13)11-33)31-21-14(12-3-4-12)8-28-34(21)22/h5-6,8,12-13,17,26H,1-4,7,9-11H2,(H,29,30)(H,27,31,32)/t13-,17+/m0/s1. The number of nitrogens with zero attached hydrogens (tertiary/aromatic N) is 6. The van der Waals surface area contributed by atoms with Crippen LogP contribution in [0.25, 0.3) is 16.7 Å². The van der Waals surface area contributed by atoms with E-state index in [0.29, 0.717) is 41.1 Å². The minimum absolute atomic E-state index is 0.00685. The second-order valence-electron chi connectivity index (χ2n) is 9.62. The molecule has 0 spiro atoms. The summed E-state index contributed by atoms with van der Waals surface area (Å²) in [6.45, 7) is 3.15. The number of hydrogen-bond acceptors (Lipinski definition) is 7. The van der Waals surface area contributed by atoms with E-state index in [1.54, 1.807) is 4.52 Å². The molecule has 3 aromatic heterocycles. The summed E-state index contributed by atoms with van der Waals surface area (Å²) < 4.78 is 29.4. The molecule has 3 N–H and O–H groups in total. The van der Waals surface area contributed by atoms with E-state index in [9.17, 15) is 8.78 Å². The molecule has 5 heterocycles. The van der Waals surface area contributed by atoms with Gasteiger partial charge in [-0.15, -0.1) is 0 Å². The van der Waals surface area contributed by atoms with Crippen molar-refractivity contribution in [3.05, 3.63) is 41.4 Å². The third kappa shape index (κ3) is 3.29. The molecule has 9 nitrogen and oxygen atoms in total. The normalized spacial score (nSPS) is 22.6. The minimum atomic E-state index is -0.947. The maximum Gasteiger partial charge on any atom is 0.230 e. The van der Waals surface area contributed by atoms with Gasteiger partial charge in [0.2, 0.25) is 11.9 Å². The van der Waals surface area contributed by atoms with Gasteiger partial charge >= 0.3 is 0 Å². The number of nitrogens with one attached hydrogen (secondary N) is 3. The molecule has 0 bridgehead atoms. The Bertz CT molecular complexity index is 1380. The number of imidazole rings is 1. The number of rotatable bonds is 5. The number of halogens is 2. The Morgan fingerprint density at radius 1 is 1.09 bits per heavy atom. The van der Waals surface area contributed by atoms with E-state index in [-0.39, 0.29) is 12.1 Å². The zero-order valence-electron chi connectivity index (χ0n) is 18.6. The highest BCUT2D eigenvalue weighted by molar-refractivity contribution is 5.75. The first-order valence-corrected chi connectivity index (χ1v) is 11.9. The van der Waals surface area contributed by atoms with Crippen molar-refractivity contribution in [2.24, 2.45) is 5.92 Å². The Labute approximate surface area is 194 Å². The molecule has 1 aliphatic carbocycles. The predicted octanol–water partition coefficient (Wildman–Crippen LogP) is 2.96. The topological polar surface area (TPSA) is 99.1 Å². The first-order chi connectivity index (χ1) is 16.6. The molecule has 0 unspecified atom stereocenters. The SMILES string of the molecule is Fc1ccc2[nH]c(CNc3nc(N4C[C@@H]5CCCN[C@@H]5C4)nc4c(C5CC5)cnn34)nc2c1F. The van der Waals surface area contributed by atoms with Crippen molar-refractivity contribution in [2.45, 2.75) is 44.2 Å². The van der Waals surface area contributed by atoms with Crippen molar-refractivity contribution in [3.63, 3.8) is 0 Å². The van der Waals surface area contributed by atoms with Crippen LogP contribution >= 0.6 is 0 Å². The average Bonchev–Trinajstić information content (AvgIpc) is 3.27. The van der Waals surface area contributed by atoms with Crippen LogP contribution in [0.15, 0.2) is 18.3 Å². The number of benzene rings is 1. The molecule has 2 atom stereocenters. The van der Waals surface area contributed by atoms with Crippen LogP contribution in [0.1, 0.15) is 43.0 Å². The van der Waals surface area contributed by atoms with E-state index in [1.807, 2.05) is 6.20 Å². The lowest BCUT2D eigenvalue weighted by Gasteiger charge is -2.24. The Morgan fingerprint density at radius 2 is 2.00 bits per heavy atom. The Kier molecular flexibility index (Phi) is 4.48. The van der Waals surface area contributed by atoms with Crippen LogP contribution in [0.5, 0.6) is 0 Å². The highest BCUT2D eigenvalue weighted by Gasteiger charge is 2.36. The molecule has 3 aliphatic rings. The summed E-state index contributed by atoms with van der Waals surface area (Å²) in [6, 6.07) is 3.06. The number of aromatic nitrogens is 6. The number of hydrogen-bond donors (Lipinski definition) is 3. The summed E-state index contributed by atoms with van der Waals surface area (Å²) >= 11 is 0. The molecular weight excluding hydrogens is 440 g/mol. The molecule has 2 aliphatic heterocycles. The summed E-state index contributed by atoms with van der Waals surface area (Å²) in [5.74, 6) is 1.00. The minimum Gasteiger partial charge on any atom is -0.347 e. The fourth-order valence-corrected chi connectivity index (χ4v) is 5.35. The lowest BCUT2D eigenvalue weighted by atomic mass is 9.94. The van der Waals surface area contributed by atoms with Crippen molar-refractivity contribution in [1.82, 2.24) is 34.9 Å². The van der Waals surface area contributed by atoms with Crippen molar-refractivity contribution in [2.75, 3.05) is 29.9 Å². The number of H-pyrrole nitrogens is 1. The van der Waals surface area contributed by atoms with Gasteiger partial charge in [0.05, 0.1) is 18.3 Å². The molecule has 34 heavy (non-hydrogen) atoms. The van der Waals surface area contributed by atoms with E-state index >= 15 is 0 Å². The van der Waals surface area contributed by atoms with E-state index in [2.05, 4.69) is 30.6 Å². The van der Waals surface area contributed by atoms with Gasteiger partial charge in [0.1, 0.15) is 11.3 Å². The van der Waals surface area contributed by atoms with E-state index < -0.39 is 11.6 Å². The second kappa shape index (κ2) is 7.59. The molecule has 176 valence electrons. The predicted molar refractivity (Wildman–Crippen MR) is 123 cm³/mol. The van der Waals surface area contributed by atoms with Gasteiger partial charge in [-0.1, -0.05) is 0 Å². The molecule has 4 aromatic rings. The maximum absolute atomic E-state index is 14.1. The van der Waals surface area contributed by atoms with Crippen LogP contribution in [0.4, 0.5) is 20.7 Å². The number of piperidine rings is 1. The average molecular weight is 466 g/mol. The van der Waals surface area contributed by atoms with Crippen LogP contribution in [-0.4, -0.2) is 55.2 Å².